The van der Waals surface area contributed by atoms with Crippen molar-refractivity contribution in [3.63, 3.8) is 0 Å². The molecule has 1 N–H and O–H groups in total. The lowest BCUT2D eigenvalue weighted by Crippen LogP contribution is -2.43. The van der Waals surface area contributed by atoms with Crippen molar-refractivity contribution in [2.45, 2.75) is 31.8 Å². The highest BCUT2D eigenvalue weighted by molar-refractivity contribution is 7.99. The molecule has 0 aromatic carbocycles. The number of hydrogen-bond donors (Lipinski definition) is 1. The summed E-state index contributed by atoms with van der Waals surface area (Å²) < 4.78 is 5.38. The van der Waals surface area contributed by atoms with Gasteiger partial charge in [0.25, 0.3) is 0 Å². The smallest absolute Gasteiger partial charge is 0.223 e. The van der Waals surface area contributed by atoms with Crippen molar-refractivity contribution >= 4 is 17.7 Å². The lowest BCUT2D eigenvalue weighted by Gasteiger charge is -2.31. The third kappa shape index (κ3) is 3.58. The van der Waals surface area contributed by atoms with Gasteiger partial charge in [0, 0.05) is 17.7 Å². The third-order valence-electron chi connectivity index (χ3n) is 4.19. The molecule has 4 nitrogen and oxygen atoms in total. The maximum absolute atomic E-state index is 12.2. The molecule has 3 rings (SSSR count). The minimum absolute atomic E-state index is 0.202. The van der Waals surface area contributed by atoms with Crippen LogP contribution in [0, 0.1) is 5.92 Å². The number of nitrogens with one attached hydrogen (secondary N) is 1. The standard InChI is InChI=1S/C15H22N2O2S/c18-15(16-13-5-9-20-11-13)12-3-6-17(7-4-12)10-14-2-1-8-19-14/h1-2,8,12-13H,3-7,9-11H2,(H,16,18)/t13-/m0/s1. The van der Waals surface area contributed by atoms with Gasteiger partial charge in [-0.05, 0) is 50.2 Å². The van der Waals surface area contributed by atoms with Crippen LogP contribution in [0.3, 0.4) is 0 Å². The number of piperidine rings is 1. The summed E-state index contributed by atoms with van der Waals surface area (Å²) in [5.74, 6) is 3.76. The van der Waals surface area contributed by atoms with Crippen LogP contribution in [-0.2, 0) is 11.3 Å². The molecule has 5 heteroatoms. The van der Waals surface area contributed by atoms with Crippen LogP contribution in [0.2, 0.25) is 0 Å². The molecule has 110 valence electrons. The van der Waals surface area contributed by atoms with E-state index in [1.54, 1.807) is 6.26 Å². The van der Waals surface area contributed by atoms with Gasteiger partial charge < -0.3 is 9.73 Å². The van der Waals surface area contributed by atoms with Crippen LogP contribution in [0.4, 0.5) is 0 Å². The molecule has 2 aliphatic rings. The summed E-state index contributed by atoms with van der Waals surface area (Å²) in [5, 5.41) is 3.21. The van der Waals surface area contributed by atoms with E-state index < -0.39 is 0 Å². The molecule has 0 bridgehead atoms. The van der Waals surface area contributed by atoms with Crippen molar-refractivity contribution in [2.24, 2.45) is 5.92 Å². The highest BCUT2D eigenvalue weighted by Crippen LogP contribution is 2.21. The summed E-state index contributed by atoms with van der Waals surface area (Å²) in [6.07, 6.45) is 4.78. The molecule has 1 aromatic rings. The molecule has 2 fully saturated rings. The largest absolute Gasteiger partial charge is 0.468 e. The molecule has 2 aliphatic heterocycles. The fourth-order valence-electron chi connectivity index (χ4n) is 2.94. The molecule has 0 unspecified atom stereocenters. The van der Waals surface area contributed by atoms with E-state index in [0.717, 1.165) is 50.4 Å². The minimum Gasteiger partial charge on any atom is -0.468 e. The van der Waals surface area contributed by atoms with Crippen LogP contribution in [0.5, 0.6) is 0 Å². The van der Waals surface area contributed by atoms with E-state index in [1.807, 2.05) is 23.9 Å². The predicted octanol–water partition coefficient (Wildman–Crippen LogP) is 2.11. The number of carbonyl (C=O) groups is 1. The molecule has 0 radical (unpaired) electrons. The molecule has 1 amide bonds. The SMILES string of the molecule is O=C(N[C@H]1CCSC1)C1CCN(Cc2ccco2)CC1. The second-order valence-corrected chi connectivity index (χ2v) is 6.85. The van der Waals surface area contributed by atoms with Crippen molar-refractivity contribution in [1.82, 2.24) is 10.2 Å². The number of furan rings is 1. The lowest BCUT2D eigenvalue weighted by molar-refractivity contribution is -0.127. The Hall–Kier alpha value is -0.940. The Labute approximate surface area is 124 Å². The number of amides is 1. The van der Waals surface area contributed by atoms with Gasteiger partial charge in [-0.25, -0.2) is 0 Å². The van der Waals surface area contributed by atoms with Crippen molar-refractivity contribution in [3.05, 3.63) is 24.2 Å². The monoisotopic (exact) mass is 294 g/mol. The zero-order valence-corrected chi connectivity index (χ0v) is 12.5. The Balaban J connectivity index is 1.42. The Bertz CT molecular complexity index is 421. The normalized spacial score (nSPS) is 24.9. The highest BCUT2D eigenvalue weighted by Gasteiger charge is 2.27. The van der Waals surface area contributed by atoms with Crippen LogP contribution in [0.25, 0.3) is 0 Å². The fourth-order valence-corrected chi connectivity index (χ4v) is 4.10. The van der Waals surface area contributed by atoms with Gasteiger partial charge in [0.15, 0.2) is 0 Å². The van der Waals surface area contributed by atoms with Gasteiger partial charge in [0.1, 0.15) is 5.76 Å². The van der Waals surface area contributed by atoms with E-state index in [9.17, 15) is 4.79 Å². The van der Waals surface area contributed by atoms with Crippen LogP contribution in [-0.4, -0.2) is 41.4 Å². The maximum atomic E-state index is 12.2. The molecule has 0 saturated carbocycles. The van der Waals surface area contributed by atoms with Gasteiger partial charge in [0.05, 0.1) is 12.8 Å². The Morgan fingerprint density at radius 3 is 2.90 bits per heavy atom. The summed E-state index contributed by atoms with van der Waals surface area (Å²) >= 11 is 1.94. The molecule has 3 heterocycles. The molecular formula is C15H22N2O2S. The van der Waals surface area contributed by atoms with Crippen LogP contribution in [0.1, 0.15) is 25.0 Å². The van der Waals surface area contributed by atoms with E-state index in [4.69, 9.17) is 4.42 Å². The summed E-state index contributed by atoms with van der Waals surface area (Å²) in [6, 6.07) is 4.35. The zero-order chi connectivity index (χ0) is 13.8. The number of likely N-dealkylation sites (tertiary alicyclic amines) is 1. The van der Waals surface area contributed by atoms with E-state index in [2.05, 4.69) is 10.2 Å². The zero-order valence-electron chi connectivity index (χ0n) is 11.7. The molecule has 2 saturated heterocycles. The quantitative estimate of drug-likeness (QED) is 0.924. The fraction of sp³-hybridized carbons (Fsp3) is 0.667. The average Bonchev–Trinajstić information content (AvgIpc) is 3.13. The lowest BCUT2D eigenvalue weighted by atomic mass is 9.95. The van der Waals surface area contributed by atoms with Crippen LogP contribution < -0.4 is 5.32 Å². The number of hydrogen-bond acceptors (Lipinski definition) is 4. The molecule has 20 heavy (non-hydrogen) atoms. The number of rotatable bonds is 4. The summed E-state index contributed by atoms with van der Waals surface area (Å²) in [6.45, 7) is 2.83. The molecule has 0 spiro atoms. The van der Waals surface area contributed by atoms with E-state index in [1.165, 1.54) is 5.75 Å². The summed E-state index contributed by atoms with van der Waals surface area (Å²) in [5.41, 5.74) is 0. The molecule has 1 atom stereocenters. The van der Waals surface area contributed by atoms with E-state index in [0.29, 0.717) is 6.04 Å². The number of carbonyl (C=O) groups excluding carboxylic acids is 1. The van der Waals surface area contributed by atoms with Gasteiger partial charge in [-0.3, -0.25) is 9.69 Å². The van der Waals surface area contributed by atoms with Gasteiger partial charge in [0.2, 0.25) is 5.91 Å². The summed E-state index contributed by atoms with van der Waals surface area (Å²) in [7, 11) is 0. The Morgan fingerprint density at radius 1 is 1.40 bits per heavy atom. The van der Waals surface area contributed by atoms with Crippen molar-refractivity contribution < 1.29 is 9.21 Å². The first kappa shape index (κ1) is 14.0. The second-order valence-electron chi connectivity index (χ2n) is 5.70. The number of thioether (sulfide) groups is 1. The van der Waals surface area contributed by atoms with Crippen molar-refractivity contribution in [1.29, 1.82) is 0 Å². The third-order valence-corrected chi connectivity index (χ3v) is 5.36. The highest BCUT2D eigenvalue weighted by atomic mass is 32.2. The molecular weight excluding hydrogens is 272 g/mol. The van der Waals surface area contributed by atoms with Gasteiger partial charge in [-0.1, -0.05) is 0 Å². The van der Waals surface area contributed by atoms with Crippen LogP contribution >= 0.6 is 11.8 Å². The maximum Gasteiger partial charge on any atom is 0.223 e. The predicted molar refractivity (Wildman–Crippen MR) is 80.6 cm³/mol. The van der Waals surface area contributed by atoms with E-state index >= 15 is 0 Å². The Morgan fingerprint density at radius 2 is 2.25 bits per heavy atom. The van der Waals surface area contributed by atoms with Gasteiger partial charge in [-0.15, -0.1) is 0 Å². The minimum atomic E-state index is 0.202. The number of nitrogens with zero attached hydrogens (tertiary/aromatic N) is 1. The first-order valence-electron chi connectivity index (χ1n) is 7.44. The van der Waals surface area contributed by atoms with Gasteiger partial charge in [-0.2, -0.15) is 11.8 Å². The summed E-state index contributed by atoms with van der Waals surface area (Å²) in [4.78, 5) is 14.6. The van der Waals surface area contributed by atoms with Gasteiger partial charge >= 0.3 is 0 Å². The van der Waals surface area contributed by atoms with E-state index in [-0.39, 0.29) is 11.8 Å². The first-order valence-corrected chi connectivity index (χ1v) is 8.59. The Kier molecular flexibility index (Phi) is 4.68. The van der Waals surface area contributed by atoms with Crippen LogP contribution in [0.15, 0.2) is 22.8 Å². The second kappa shape index (κ2) is 6.68. The van der Waals surface area contributed by atoms with Crippen molar-refractivity contribution in [3.8, 4) is 0 Å². The van der Waals surface area contributed by atoms with Crippen molar-refractivity contribution in [2.75, 3.05) is 24.6 Å². The first-order chi connectivity index (χ1) is 9.81. The average molecular weight is 294 g/mol. The topological polar surface area (TPSA) is 45.5 Å². The molecule has 1 aromatic heterocycles. The molecule has 0 aliphatic carbocycles.